The Kier molecular flexibility index (Phi) is 5.19. The van der Waals surface area contributed by atoms with Gasteiger partial charge in [0.15, 0.2) is 0 Å². The summed E-state index contributed by atoms with van der Waals surface area (Å²) in [5.74, 6) is -0.104. The van der Waals surface area contributed by atoms with Gasteiger partial charge < -0.3 is 14.7 Å². The van der Waals surface area contributed by atoms with Crippen LogP contribution in [0.5, 0.6) is 5.75 Å². The zero-order chi connectivity index (χ0) is 18.9. The summed E-state index contributed by atoms with van der Waals surface area (Å²) in [6.45, 7) is 2.66. The zero-order valence-corrected chi connectivity index (χ0v) is 14.8. The minimum absolute atomic E-state index is 0.0143. The Balaban J connectivity index is 1.83. The summed E-state index contributed by atoms with van der Waals surface area (Å²) in [5, 5.41) is 9.34. The SMILES string of the molecule is C[C@@H]1C[C@H](CO)CCN1C(=O)C1(c2cccc(OC(F)(F)F)c2)CCC1. The van der Waals surface area contributed by atoms with E-state index in [1.54, 1.807) is 6.07 Å². The lowest BCUT2D eigenvalue weighted by Gasteiger charge is -2.47. The third-order valence-electron chi connectivity index (χ3n) is 5.74. The predicted octanol–water partition coefficient (Wildman–Crippen LogP) is 3.63. The third kappa shape index (κ3) is 3.68. The van der Waals surface area contributed by atoms with Crippen LogP contribution in [0.15, 0.2) is 24.3 Å². The van der Waals surface area contributed by atoms with E-state index in [0.29, 0.717) is 24.9 Å². The molecule has 0 aromatic heterocycles. The van der Waals surface area contributed by atoms with Gasteiger partial charge in [-0.15, -0.1) is 13.2 Å². The molecule has 2 fully saturated rings. The minimum Gasteiger partial charge on any atom is -0.406 e. The van der Waals surface area contributed by atoms with E-state index >= 15 is 0 Å². The average Bonchev–Trinajstić information content (AvgIpc) is 2.52. The quantitative estimate of drug-likeness (QED) is 0.879. The number of hydrogen-bond acceptors (Lipinski definition) is 3. The first-order chi connectivity index (χ1) is 12.2. The Bertz CT molecular complexity index is 658. The molecule has 1 aliphatic carbocycles. The minimum atomic E-state index is -4.75. The van der Waals surface area contributed by atoms with E-state index in [1.165, 1.54) is 18.2 Å². The first kappa shape index (κ1) is 19.0. The van der Waals surface area contributed by atoms with Crippen molar-refractivity contribution in [1.82, 2.24) is 4.90 Å². The predicted molar refractivity (Wildman–Crippen MR) is 89.6 cm³/mol. The highest BCUT2D eigenvalue weighted by Crippen LogP contribution is 2.47. The number of carbonyl (C=O) groups is 1. The van der Waals surface area contributed by atoms with Crippen LogP contribution in [0, 0.1) is 5.92 Å². The number of aliphatic hydroxyl groups is 1. The van der Waals surface area contributed by atoms with Gasteiger partial charge in [-0.25, -0.2) is 0 Å². The van der Waals surface area contributed by atoms with Gasteiger partial charge in [0.25, 0.3) is 0 Å². The maximum absolute atomic E-state index is 13.3. The Morgan fingerprint density at radius 2 is 2.12 bits per heavy atom. The van der Waals surface area contributed by atoms with Crippen LogP contribution in [-0.2, 0) is 10.2 Å². The Morgan fingerprint density at radius 3 is 2.65 bits per heavy atom. The lowest BCUT2D eigenvalue weighted by atomic mass is 9.63. The summed E-state index contributed by atoms with van der Waals surface area (Å²) < 4.78 is 41.6. The molecule has 0 spiro atoms. The van der Waals surface area contributed by atoms with Crippen molar-refractivity contribution in [2.75, 3.05) is 13.2 Å². The lowest BCUT2D eigenvalue weighted by Crippen LogP contribution is -2.56. The number of amides is 1. The maximum atomic E-state index is 13.3. The van der Waals surface area contributed by atoms with Crippen LogP contribution in [0.1, 0.15) is 44.6 Å². The topological polar surface area (TPSA) is 49.8 Å². The molecule has 1 heterocycles. The number of rotatable bonds is 4. The number of nitrogens with zero attached hydrogens (tertiary/aromatic N) is 1. The molecule has 1 N–H and O–H groups in total. The van der Waals surface area contributed by atoms with Crippen molar-refractivity contribution in [3.05, 3.63) is 29.8 Å². The van der Waals surface area contributed by atoms with Gasteiger partial charge in [-0.3, -0.25) is 4.79 Å². The molecule has 0 bridgehead atoms. The van der Waals surface area contributed by atoms with Crippen LogP contribution in [0.2, 0.25) is 0 Å². The second kappa shape index (κ2) is 7.10. The molecule has 0 unspecified atom stereocenters. The monoisotopic (exact) mass is 371 g/mol. The van der Waals surface area contributed by atoms with Gasteiger partial charge in [0, 0.05) is 19.2 Å². The Hall–Kier alpha value is -1.76. The van der Waals surface area contributed by atoms with Crippen molar-refractivity contribution >= 4 is 5.91 Å². The van der Waals surface area contributed by atoms with Gasteiger partial charge in [-0.1, -0.05) is 18.6 Å². The molecule has 2 atom stereocenters. The molecule has 144 valence electrons. The van der Waals surface area contributed by atoms with Crippen LogP contribution < -0.4 is 4.74 Å². The standard InChI is InChI=1S/C19H24F3NO3/c1-13-10-14(12-24)6-9-23(13)17(25)18(7-3-8-18)15-4-2-5-16(11-15)26-19(20,21)22/h2,4-5,11,13-14,24H,3,6-10,12H2,1H3/t13-,14-/m1/s1. The van der Waals surface area contributed by atoms with Gasteiger partial charge in [0.2, 0.25) is 5.91 Å². The molecular weight excluding hydrogens is 347 g/mol. The number of likely N-dealkylation sites (tertiary alicyclic amines) is 1. The van der Waals surface area contributed by atoms with E-state index in [9.17, 15) is 23.1 Å². The van der Waals surface area contributed by atoms with E-state index in [2.05, 4.69) is 4.74 Å². The van der Waals surface area contributed by atoms with Gasteiger partial charge in [-0.05, 0) is 56.2 Å². The van der Waals surface area contributed by atoms with E-state index in [-0.39, 0.29) is 30.2 Å². The van der Waals surface area contributed by atoms with Gasteiger partial charge >= 0.3 is 6.36 Å². The maximum Gasteiger partial charge on any atom is 0.573 e. The number of alkyl halides is 3. The van der Waals surface area contributed by atoms with E-state index in [4.69, 9.17) is 0 Å². The lowest BCUT2D eigenvalue weighted by molar-refractivity contribution is -0.274. The molecule has 4 nitrogen and oxygen atoms in total. The number of hydrogen-bond donors (Lipinski definition) is 1. The first-order valence-electron chi connectivity index (χ1n) is 9.03. The molecule has 1 amide bonds. The van der Waals surface area contributed by atoms with Crippen molar-refractivity contribution in [1.29, 1.82) is 0 Å². The molecule has 1 aromatic carbocycles. The molecule has 1 aromatic rings. The molecule has 1 saturated carbocycles. The zero-order valence-electron chi connectivity index (χ0n) is 14.8. The number of piperidine rings is 1. The molecule has 0 radical (unpaired) electrons. The van der Waals surface area contributed by atoms with Crippen molar-refractivity contribution in [3.63, 3.8) is 0 Å². The number of aliphatic hydroxyl groups excluding tert-OH is 1. The molecule has 26 heavy (non-hydrogen) atoms. The highest BCUT2D eigenvalue weighted by molar-refractivity contribution is 5.89. The summed E-state index contributed by atoms with van der Waals surface area (Å²) in [5.41, 5.74) is -0.169. The Labute approximate surface area is 150 Å². The van der Waals surface area contributed by atoms with Crippen molar-refractivity contribution in [3.8, 4) is 5.75 Å². The van der Waals surface area contributed by atoms with Crippen molar-refractivity contribution in [2.24, 2.45) is 5.92 Å². The number of benzene rings is 1. The largest absolute Gasteiger partial charge is 0.573 e. The van der Waals surface area contributed by atoms with Crippen LogP contribution in [0.4, 0.5) is 13.2 Å². The molecule has 3 rings (SSSR count). The van der Waals surface area contributed by atoms with Crippen molar-refractivity contribution in [2.45, 2.75) is 56.8 Å². The van der Waals surface area contributed by atoms with Crippen LogP contribution in [0.3, 0.4) is 0 Å². The summed E-state index contributed by atoms with van der Waals surface area (Å²) in [4.78, 5) is 15.1. The van der Waals surface area contributed by atoms with Crippen molar-refractivity contribution < 1.29 is 27.8 Å². The Morgan fingerprint density at radius 1 is 1.38 bits per heavy atom. The van der Waals surface area contributed by atoms with E-state index in [1.807, 2.05) is 11.8 Å². The van der Waals surface area contributed by atoms with Gasteiger partial charge in [0.05, 0.1) is 5.41 Å². The van der Waals surface area contributed by atoms with E-state index in [0.717, 1.165) is 19.3 Å². The fourth-order valence-corrected chi connectivity index (χ4v) is 4.16. The van der Waals surface area contributed by atoms with E-state index < -0.39 is 11.8 Å². The number of carbonyl (C=O) groups excluding carboxylic acids is 1. The van der Waals surface area contributed by atoms with Crippen LogP contribution in [0.25, 0.3) is 0 Å². The molecule has 2 aliphatic rings. The molecule has 1 aliphatic heterocycles. The second-order valence-electron chi connectivity index (χ2n) is 7.43. The van der Waals surface area contributed by atoms with Gasteiger partial charge in [0.1, 0.15) is 5.75 Å². The first-order valence-corrected chi connectivity index (χ1v) is 9.03. The fourth-order valence-electron chi connectivity index (χ4n) is 4.16. The second-order valence-corrected chi connectivity index (χ2v) is 7.43. The smallest absolute Gasteiger partial charge is 0.406 e. The molecular formula is C19H24F3NO3. The number of ether oxygens (including phenoxy) is 1. The van der Waals surface area contributed by atoms with Crippen LogP contribution >= 0.6 is 0 Å². The normalized spacial score (nSPS) is 25.5. The third-order valence-corrected chi connectivity index (χ3v) is 5.74. The molecule has 1 saturated heterocycles. The fraction of sp³-hybridized carbons (Fsp3) is 0.632. The van der Waals surface area contributed by atoms with Gasteiger partial charge in [-0.2, -0.15) is 0 Å². The van der Waals surface area contributed by atoms with Crippen LogP contribution in [-0.4, -0.2) is 41.5 Å². The number of halogens is 3. The summed E-state index contributed by atoms with van der Waals surface area (Å²) in [7, 11) is 0. The molecule has 7 heteroatoms. The summed E-state index contributed by atoms with van der Waals surface area (Å²) >= 11 is 0. The average molecular weight is 371 g/mol. The highest BCUT2D eigenvalue weighted by Gasteiger charge is 2.49. The highest BCUT2D eigenvalue weighted by atomic mass is 19.4. The summed E-state index contributed by atoms with van der Waals surface area (Å²) in [6, 6.07) is 5.83. The summed E-state index contributed by atoms with van der Waals surface area (Å²) in [6.07, 6.45) is -1.12.